The molecule has 0 radical (unpaired) electrons. The van der Waals surface area contributed by atoms with E-state index >= 15 is 0 Å². The summed E-state index contributed by atoms with van der Waals surface area (Å²) < 4.78 is 2.79. The number of halogens is 1. The normalized spacial score (nSPS) is 11.1. The van der Waals surface area contributed by atoms with Crippen molar-refractivity contribution in [3.05, 3.63) is 62.5 Å². The predicted molar refractivity (Wildman–Crippen MR) is 119 cm³/mol. The second-order valence-corrected chi connectivity index (χ2v) is 8.75. The molecule has 0 unspecified atom stereocenters. The van der Waals surface area contributed by atoms with Crippen molar-refractivity contribution in [2.75, 3.05) is 11.1 Å². The summed E-state index contributed by atoms with van der Waals surface area (Å²) in [6, 6.07) is 14.9. The van der Waals surface area contributed by atoms with Gasteiger partial charge in [-0.25, -0.2) is 4.98 Å². The van der Waals surface area contributed by atoms with Gasteiger partial charge in [0.2, 0.25) is 5.91 Å². The van der Waals surface area contributed by atoms with Crippen molar-refractivity contribution in [1.82, 2.24) is 9.55 Å². The van der Waals surface area contributed by atoms with Crippen molar-refractivity contribution < 1.29 is 4.79 Å². The van der Waals surface area contributed by atoms with E-state index in [1.54, 1.807) is 10.6 Å². The Balaban J connectivity index is 1.81. The molecule has 0 atom stereocenters. The summed E-state index contributed by atoms with van der Waals surface area (Å²) >= 11 is 3.51. The third-order valence-corrected chi connectivity index (χ3v) is 5.53. The van der Waals surface area contributed by atoms with Crippen molar-refractivity contribution in [2.24, 2.45) is 5.92 Å². The fourth-order valence-corrected chi connectivity index (χ4v) is 3.81. The lowest BCUT2D eigenvalue weighted by Crippen LogP contribution is -2.26. The van der Waals surface area contributed by atoms with Crippen LogP contribution in [0.5, 0.6) is 0 Å². The number of benzene rings is 2. The molecule has 0 saturated heterocycles. The molecule has 1 N–H and O–H groups in total. The Labute approximate surface area is 175 Å². The molecule has 7 heteroatoms. The van der Waals surface area contributed by atoms with Gasteiger partial charge in [0, 0.05) is 15.8 Å². The van der Waals surface area contributed by atoms with Gasteiger partial charge < -0.3 is 5.32 Å². The number of carbonyl (C=O) groups is 1. The summed E-state index contributed by atoms with van der Waals surface area (Å²) in [6.45, 7) is 4.68. The molecule has 27 heavy (non-hydrogen) atoms. The summed E-state index contributed by atoms with van der Waals surface area (Å²) in [7, 11) is 0. The topological polar surface area (TPSA) is 64.0 Å². The monoisotopic (exact) mass is 493 g/mol. The summed E-state index contributed by atoms with van der Waals surface area (Å²) in [5.41, 5.74) is 1.35. The van der Waals surface area contributed by atoms with E-state index in [1.807, 2.05) is 42.5 Å². The molecule has 0 fully saturated rings. The maximum Gasteiger partial charge on any atom is 0.262 e. The molecule has 1 amide bonds. The highest BCUT2D eigenvalue weighted by Crippen LogP contribution is 2.19. The van der Waals surface area contributed by atoms with Gasteiger partial charge in [-0.15, -0.1) is 0 Å². The number of hydrogen-bond donors (Lipinski definition) is 1. The number of amides is 1. The molecule has 5 nitrogen and oxygen atoms in total. The van der Waals surface area contributed by atoms with Crippen LogP contribution in [0.3, 0.4) is 0 Å². The molecule has 1 aromatic heterocycles. The second kappa shape index (κ2) is 8.88. The number of thioether (sulfide) groups is 1. The lowest BCUT2D eigenvalue weighted by molar-refractivity contribution is -0.113. The molecule has 3 rings (SSSR count). The first-order valence-corrected chi connectivity index (χ1v) is 10.7. The van der Waals surface area contributed by atoms with E-state index in [0.717, 1.165) is 9.26 Å². The number of nitrogens with one attached hydrogen (secondary N) is 1. The van der Waals surface area contributed by atoms with Gasteiger partial charge >= 0.3 is 0 Å². The fraction of sp³-hybridized carbons (Fsp3) is 0.250. The summed E-state index contributed by atoms with van der Waals surface area (Å²) in [6.07, 6.45) is 0. The first-order valence-electron chi connectivity index (χ1n) is 8.62. The minimum absolute atomic E-state index is 0.0603. The minimum atomic E-state index is -0.125. The van der Waals surface area contributed by atoms with E-state index in [9.17, 15) is 9.59 Å². The van der Waals surface area contributed by atoms with Gasteiger partial charge in [-0.3, -0.25) is 14.2 Å². The van der Waals surface area contributed by atoms with Crippen LogP contribution >= 0.6 is 34.4 Å². The third kappa shape index (κ3) is 5.10. The number of para-hydroxylation sites is 1. The Morgan fingerprint density at radius 1 is 1.19 bits per heavy atom. The van der Waals surface area contributed by atoms with Crippen LogP contribution in [0.2, 0.25) is 0 Å². The van der Waals surface area contributed by atoms with Crippen LogP contribution in [0, 0.1) is 9.49 Å². The zero-order valence-electron chi connectivity index (χ0n) is 15.1. The maximum atomic E-state index is 12.9. The molecule has 0 aliphatic heterocycles. The summed E-state index contributed by atoms with van der Waals surface area (Å²) in [4.78, 5) is 29.8. The third-order valence-electron chi connectivity index (χ3n) is 3.83. The summed E-state index contributed by atoms with van der Waals surface area (Å²) in [5, 5.41) is 4.05. The van der Waals surface area contributed by atoms with Crippen LogP contribution in [0.1, 0.15) is 13.8 Å². The Hall–Kier alpha value is -1.87. The zero-order valence-corrected chi connectivity index (χ0v) is 18.1. The highest BCUT2D eigenvalue weighted by molar-refractivity contribution is 14.1. The van der Waals surface area contributed by atoms with Crippen LogP contribution in [0.25, 0.3) is 10.9 Å². The van der Waals surface area contributed by atoms with Gasteiger partial charge in [0.25, 0.3) is 5.56 Å². The van der Waals surface area contributed by atoms with E-state index in [4.69, 9.17) is 0 Å². The predicted octanol–water partition coefficient (Wildman–Crippen LogP) is 4.39. The average molecular weight is 493 g/mol. The average Bonchev–Trinajstić information content (AvgIpc) is 2.64. The number of carbonyl (C=O) groups excluding carboxylic acids is 1. The molecular formula is C20H20IN3O2S. The van der Waals surface area contributed by atoms with Gasteiger partial charge in [0.05, 0.1) is 16.7 Å². The maximum absolute atomic E-state index is 12.9. The number of anilines is 1. The molecule has 0 aliphatic rings. The SMILES string of the molecule is CC(C)Cn1c(SCC(=O)Nc2ccc(I)cc2)nc2ccccc2c1=O. The van der Waals surface area contributed by atoms with E-state index < -0.39 is 0 Å². The van der Waals surface area contributed by atoms with Crippen molar-refractivity contribution in [3.63, 3.8) is 0 Å². The number of hydrogen-bond acceptors (Lipinski definition) is 4. The van der Waals surface area contributed by atoms with Crippen molar-refractivity contribution >= 4 is 56.9 Å². The first kappa shape index (κ1) is 19.9. The lowest BCUT2D eigenvalue weighted by atomic mass is 10.2. The quantitative estimate of drug-likeness (QED) is 0.315. The van der Waals surface area contributed by atoms with Crippen LogP contribution in [-0.4, -0.2) is 21.2 Å². The number of nitrogens with zero attached hydrogens (tertiary/aromatic N) is 2. The highest BCUT2D eigenvalue weighted by Gasteiger charge is 2.14. The smallest absolute Gasteiger partial charge is 0.262 e. The van der Waals surface area contributed by atoms with Gasteiger partial charge in [0.15, 0.2) is 5.16 Å². The van der Waals surface area contributed by atoms with Crippen molar-refractivity contribution in [2.45, 2.75) is 25.5 Å². The minimum Gasteiger partial charge on any atom is -0.325 e. The molecule has 0 saturated carbocycles. The van der Waals surface area contributed by atoms with E-state index in [0.29, 0.717) is 28.5 Å². The number of aromatic nitrogens is 2. The second-order valence-electron chi connectivity index (χ2n) is 6.56. The lowest BCUT2D eigenvalue weighted by Gasteiger charge is -2.14. The fourth-order valence-electron chi connectivity index (χ4n) is 2.64. The largest absolute Gasteiger partial charge is 0.325 e. The highest BCUT2D eigenvalue weighted by atomic mass is 127. The van der Waals surface area contributed by atoms with Crippen LogP contribution in [-0.2, 0) is 11.3 Å². The first-order chi connectivity index (χ1) is 12.9. The van der Waals surface area contributed by atoms with Gasteiger partial charge in [-0.2, -0.15) is 0 Å². The zero-order chi connectivity index (χ0) is 19.4. The molecule has 3 aromatic rings. The van der Waals surface area contributed by atoms with Gasteiger partial charge in [-0.1, -0.05) is 37.7 Å². The van der Waals surface area contributed by atoms with Crippen LogP contribution in [0.15, 0.2) is 58.5 Å². The van der Waals surface area contributed by atoms with Crippen LogP contribution in [0.4, 0.5) is 5.69 Å². The van der Waals surface area contributed by atoms with Crippen molar-refractivity contribution in [1.29, 1.82) is 0 Å². The summed E-state index contributed by atoms with van der Waals surface area (Å²) in [5.74, 6) is 0.361. The van der Waals surface area contributed by atoms with E-state index in [-0.39, 0.29) is 17.2 Å². The van der Waals surface area contributed by atoms with E-state index in [1.165, 1.54) is 11.8 Å². The molecule has 0 spiro atoms. The number of fused-ring (bicyclic) bond motifs is 1. The van der Waals surface area contributed by atoms with Gasteiger partial charge in [0.1, 0.15) is 0 Å². The standard InChI is InChI=1S/C20H20IN3O2S/c1-13(2)11-24-19(26)16-5-3-4-6-17(16)23-20(24)27-12-18(25)22-15-9-7-14(21)8-10-15/h3-10,13H,11-12H2,1-2H3,(H,22,25). The molecule has 0 bridgehead atoms. The Morgan fingerprint density at radius 3 is 2.59 bits per heavy atom. The molecule has 140 valence electrons. The Bertz CT molecular complexity index is 1020. The number of rotatable bonds is 6. The Kier molecular flexibility index (Phi) is 6.54. The van der Waals surface area contributed by atoms with Crippen molar-refractivity contribution in [3.8, 4) is 0 Å². The van der Waals surface area contributed by atoms with Crippen LogP contribution < -0.4 is 10.9 Å². The van der Waals surface area contributed by atoms with Gasteiger partial charge in [-0.05, 0) is 64.9 Å². The molecule has 0 aliphatic carbocycles. The molecule has 1 heterocycles. The molecular weight excluding hydrogens is 473 g/mol. The Morgan fingerprint density at radius 2 is 1.89 bits per heavy atom. The molecule has 2 aromatic carbocycles. The van der Waals surface area contributed by atoms with E-state index in [2.05, 4.69) is 46.7 Å².